The molecule has 4 rings (SSSR count). The van der Waals surface area contributed by atoms with E-state index in [1.807, 2.05) is 0 Å². The molecule has 0 bridgehead atoms. The predicted octanol–water partition coefficient (Wildman–Crippen LogP) is 4.18. The molecular weight excluding hydrogens is 373 g/mol. The highest BCUT2D eigenvalue weighted by Crippen LogP contribution is 2.49. The highest BCUT2D eigenvalue weighted by atomic mass is 19.1. The first-order chi connectivity index (χ1) is 14.0. The molecule has 0 saturated carbocycles. The average Bonchev–Trinajstić information content (AvgIpc) is 3.05. The number of rotatable bonds is 4. The fourth-order valence-electron chi connectivity index (χ4n) is 3.66. The number of ether oxygens (including phenoxy) is 3. The third-order valence-electron chi connectivity index (χ3n) is 5.24. The topological polar surface area (TPSA) is 48.0 Å². The molecule has 2 aliphatic heterocycles. The van der Waals surface area contributed by atoms with Crippen LogP contribution < -0.4 is 14.2 Å². The molecule has 0 amide bonds. The van der Waals surface area contributed by atoms with E-state index in [0.717, 1.165) is 30.6 Å². The van der Waals surface area contributed by atoms with Crippen LogP contribution in [0.1, 0.15) is 27.9 Å². The van der Waals surface area contributed by atoms with E-state index in [-0.39, 0.29) is 17.1 Å². The van der Waals surface area contributed by atoms with Gasteiger partial charge in [0.05, 0.1) is 19.8 Å². The lowest BCUT2D eigenvalue weighted by atomic mass is 9.94. The van der Waals surface area contributed by atoms with Crippen LogP contribution in [0.3, 0.4) is 0 Å². The van der Waals surface area contributed by atoms with Crippen LogP contribution in [0.4, 0.5) is 4.39 Å². The second-order valence-electron chi connectivity index (χ2n) is 7.06. The van der Waals surface area contributed by atoms with E-state index in [1.54, 1.807) is 31.4 Å². The molecule has 0 aromatic heterocycles. The molecule has 2 heterocycles. The van der Waals surface area contributed by atoms with Crippen molar-refractivity contribution in [2.75, 3.05) is 34.4 Å². The third-order valence-corrected chi connectivity index (χ3v) is 5.24. The summed E-state index contributed by atoms with van der Waals surface area (Å²) in [6, 6.07) is 7.96. The normalized spacial score (nSPS) is 17.7. The highest BCUT2D eigenvalue weighted by molar-refractivity contribution is 6.17. The maximum Gasteiger partial charge on any atom is 0.235 e. The molecule has 0 unspecified atom stereocenters. The Morgan fingerprint density at radius 1 is 1.14 bits per heavy atom. The first-order valence-electron chi connectivity index (χ1n) is 9.39. The molecule has 5 nitrogen and oxygen atoms in total. The standard InChI is InChI=1S/C23H22FNO4/c1-25-10-8-14(9-11-25)20-17(27-2)13-18(28-3)21-22(26)19(29-23(20)21)12-15-6-4-5-7-16(15)24/h4-8,12-13H,9-11H2,1-3H3/b19-12-. The minimum absolute atomic E-state index is 0.0615. The molecule has 150 valence electrons. The Labute approximate surface area is 169 Å². The van der Waals surface area contributed by atoms with E-state index in [1.165, 1.54) is 19.3 Å². The molecule has 0 N–H and O–H groups in total. The van der Waals surface area contributed by atoms with Crippen molar-refractivity contribution in [3.63, 3.8) is 0 Å². The first kappa shape index (κ1) is 19.2. The number of ketones is 1. The van der Waals surface area contributed by atoms with Crippen LogP contribution in [-0.2, 0) is 0 Å². The van der Waals surface area contributed by atoms with Crippen molar-refractivity contribution in [3.8, 4) is 17.2 Å². The number of halogens is 1. The molecule has 2 aromatic rings. The maximum absolute atomic E-state index is 14.1. The summed E-state index contributed by atoms with van der Waals surface area (Å²) in [6.07, 6.45) is 4.34. The predicted molar refractivity (Wildman–Crippen MR) is 109 cm³/mol. The number of hydrogen-bond acceptors (Lipinski definition) is 5. The number of Topliss-reactive ketones (excluding diaryl/α,β-unsaturated/α-hetero) is 1. The van der Waals surface area contributed by atoms with Crippen LogP contribution in [0.15, 0.2) is 42.2 Å². The van der Waals surface area contributed by atoms with Crippen molar-refractivity contribution in [3.05, 3.63) is 64.7 Å². The summed E-state index contributed by atoms with van der Waals surface area (Å²) in [5, 5.41) is 0. The fourth-order valence-corrected chi connectivity index (χ4v) is 3.66. The number of fused-ring (bicyclic) bond motifs is 1. The maximum atomic E-state index is 14.1. The van der Waals surface area contributed by atoms with E-state index in [4.69, 9.17) is 14.2 Å². The summed E-state index contributed by atoms with van der Waals surface area (Å²) in [5.74, 6) is 0.663. The van der Waals surface area contributed by atoms with Crippen LogP contribution >= 0.6 is 0 Å². The zero-order chi connectivity index (χ0) is 20.5. The summed E-state index contributed by atoms with van der Waals surface area (Å²) in [5.41, 5.74) is 2.43. The number of likely N-dealkylation sites (N-methyl/N-ethyl adjacent to an activating group) is 1. The van der Waals surface area contributed by atoms with Gasteiger partial charge >= 0.3 is 0 Å². The molecule has 6 heteroatoms. The van der Waals surface area contributed by atoms with Gasteiger partial charge in [0.1, 0.15) is 22.9 Å². The molecule has 0 spiro atoms. The Morgan fingerprint density at radius 3 is 2.52 bits per heavy atom. The number of benzene rings is 2. The molecule has 2 aromatic carbocycles. The summed E-state index contributed by atoms with van der Waals surface area (Å²) in [7, 11) is 5.13. The van der Waals surface area contributed by atoms with Gasteiger partial charge in [0.15, 0.2) is 11.5 Å². The molecule has 29 heavy (non-hydrogen) atoms. The Hall–Kier alpha value is -3.12. The molecular formula is C23H22FNO4. The lowest BCUT2D eigenvalue weighted by Gasteiger charge is -2.24. The average molecular weight is 395 g/mol. The van der Waals surface area contributed by atoms with Crippen LogP contribution in [0.2, 0.25) is 0 Å². The molecule has 0 fully saturated rings. The van der Waals surface area contributed by atoms with Gasteiger partial charge in [0.25, 0.3) is 0 Å². The van der Waals surface area contributed by atoms with Crippen LogP contribution in [0, 0.1) is 5.82 Å². The lowest BCUT2D eigenvalue weighted by Crippen LogP contribution is -2.23. The fraction of sp³-hybridized carbons (Fsp3) is 0.261. The first-order valence-corrected chi connectivity index (χ1v) is 9.39. The van der Waals surface area contributed by atoms with Crippen molar-refractivity contribution in [1.82, 2.24) is 4.90 Å². The molecule has 2 aliphatic rings. The van der Waals surface area contributed by atoms with Crippen LogP contribution in [0.5, 0.6) is 17.2 Å². The minimum atomic E-state index is -0.421. The van der Waals surface area contributed by atoms with E-state index in [2.05, 4.69) is 18.0 Å². The molecule has 0 atom stereocenters. The van der Waals surface area contributed by atoms with Gasteiger partial charge in [-0.05, 0) is 31.2 Å². The second kappa shape index (κ2) is 7.72. The Balaban J connectivity index is 1.87. The minimum Gasteiger partial charge on any atom is -0.496 e. The quantitative estimate of drug-likeness (QED) is 0.727. The molecule has 0 aliphatic carbocycles. The van der Waals surface area contributed by atoms with Gasteiger partial charge < -0.3 is 19.1 Å². The number of hydrogen-bond donors (Lipinski definition) is 0. The summed E-state index contributed by atoms with van der Waals surface area (Å²) in [6.45, 7) is 1.69. The van der Waals surface area contributed by atoms with E-state index in [9.17, 15) is 9.18 Å². The Kier molecular flexibility index (Phi) is 5.11. The zero-order valence-corrected chi connectivity index (χ0v) is 16.6. The molecule has 0 radical (unpaired) electrons. The van der Waals surface area contributed by atoms with Crippen LogP contribution in [0.25, 0.3) is 11.6 Å². The van der Waals surface area contributed by atoms with E-state index in [0.29, 0.717) is 22.8 Å². The Morgan fingerprint density at radius 2 is 1.86 bits per heavy atom. The lowest BCUT2D eigenvalue weighted by molar-refractivity contribution is 0.101. The summed E-state index contributed by atoms with van der Waals surface area (Å²) in [4.78, 5) is 15.3. The van der Waals surface area contributed by atoms with Gasteiger partial charge in [0.2, 0.25) is 5.78 Å². The van der Waals surface area contributed by atoms with Gasteiger partial charge in [-0.3, -0.25) is 4.79 Å². The van der Waals surface area contributed by atoms with Crippen molar-refractivity contribution in [1.29, 1.82) is 0 Å². The summed E-state index contributed by atoms with van der Waals surface area (Å²) < 4.78 is 31.1. The number of methoxy groups -OCH3 is 2. The van der Waals surface area contributed by atoms with Gasteiger partial charge in [-0.15, -0.1) is 0 Å². The van der Waals surface area contributed by atoms with E-state index >= 15 is 0 Å². The zero-order valence-electron chi connectivity index (χ0n) is 16.6. The number of carbonyl (C=O) groups is 1. The Bertz CT molecular complexity index is 1040. The van der Waals surface area contributed by atoms with E-state index < -0.39 is 5.82 Å². The van der Waals surface area contributed by atoms with Crippen molar-refractivity contribution in [2.45, 2.75) is 6.42 Å². The number of carbonyl (C=O) groups excluding carboxylic acids is 1. The van der Waals surface area contributed by atoms with Crippen molar-refractivity contribution in [2.24, 2.45) is 0 Å². The largest absolute Gasteiger partial charge is 0.496 e. The summed E-state index contributed by atoms with van der Waals surface area (Å²) >= 11 is 0. The molecule has 0 saturated heterocycles. The second-order valence-corrected chi connectivity index (χ2v) is 7.06. The monoisotopic (exact) mass is 395 g/mol. The van der Waals surface area contributed by atoms with Gasteiger partial charge in [-0.1, -0.05) is 24.3 Å². The number of nitrogens with zero attached hydrogens (tertiary/aromatic N) is 1. The number of allylic oxidation sites excluding steroid dienone is 1. The van der Waals surface area contributed by atoms with Gasteiger partial charge in [-0.25, -0.2) is 4.39 Å². The van der Waals surface area contributed by atoms with Gasteiger partial charge in [0, 0.05) is 24.7 Å². The van der Waals surface area contributed by atoms with Gasteiger partial charge in [-0.2, -0.15) is 0 Å². The smallest absolute Gasteiger partial charge is 0.235 e. The third kappa shape index (κ3) is 3.40. The SMILES string of the molecule is COc1cc(OC)c(C2=CCN(C)CC2)c2c1C(=O)/C(=C/c1ccccc1F)O2. The highest BCUT2D eigenvalue weighted by Gasteiger charge is 2.36. The van der Waals surface area contributed by atoms with Crippen LogP contribution in [-0.4, -0.2) is 45.0 Å². The van der Waals surface area contributed by atoms with Crippen molar-refractivity contribution < 1.29 is 23.4 Å². The van der Waals surface area contributed by atoms with Crippen molar-refractivity contribution >= 4 is 17.4 Å².